The van der Waals surface area contributed by atoms with Crippen LogP contribution in [0.2, 0.25) is 0 Å². The van der Waals surface area contributed by atoms with Crippen molar-refractivity contribution in [2.45, 2.75) is 187 Å². The molecule has 0 bridgehead atoms. The molecule has 0 aliphatic carbocycles. The zero-order valence-corrected chi connectivity index (χ0v) is 31.4. The quantitative estimate of drug-likeness (QED) is 0.0544. The van der Waals surface area contributed by atoms with Gasteiger partial charge in [-0.15, -0.1) is 0 Å². The smallest absolute Gasteiger partial charge is 0.0934 e. The molecule has 0 radical (unpaired) electrons. The molecule has 47 heavy (non-hydrogen) atoms. The van der Waals surface area contributed by atoms with Crippen molar-refractivity contribution in [2.75, 3.05) is 39.5 Å². The Labute approximate surface area is 293 Å². The lowest BCUT2D eigenvalue weighted by molar-refractivity contribution is -0.0327. The van der Waals surface area contributed by atoms with Crippen LogP contribution in [0.1, 0.15) is 174 Å². The lowest BCUT2D eigenvalue weighted by Gasteiger charge is -2.24. The van der Waals surface area contributed by atoms with Crippen molar-refractivity contribution in [3.05, 3.63) is 48.6 Å². The SMILES string of the molecule is CCCCC/C=C\C/C=C\CCCCCCCCOCC(CN1CCC(O)C1)OCCCCCCCC/C=C/C/C=C/CCCCC. The molecule has 0 spiro atoms. The maximum absolute atomic E-state index is 9.96. The zero-order valence-electron chi connectivity index (χ0n) is 31.4. The number of aliphatic hydroxyl groups is 1. The Balaban J connectivity index is 2.01. The second kappa shape index (κ2) is 36.1. The molecular weight excluding hydrogens is 578 g/mol. The monoisotopic (exact) mass is 658 g/mol. The van der Waals surface area contributed by atoms with Crippen molar-refractivity contribution in [3.8, 4) is 0 Å². The van der Waals surface area contributed by atoms with Crippen LogP contribution in [0.4, 0.5) is 0 Å². The first-order chi connectivity index (χ1) is 23.3. The Kier molecular flexibility index (Phi) is 33.6. The second-order valence-electron chi connectivity index (χ2n) is 13.9. The van der Waals surface area contributed by atoms with Crippen LogP contribution in [0.5, 0.6) is 0 Å². The highest BCUT2D eigenvalue weighted by Gasteiger charge is 2.23. The van der Waals surface area contributed by atoms with Crippen molar-refractivity contribution >= 4 is 0 Å². The van der Waals surface area contributed by atoms with Gasteiger partial charge in [0.05, 0.1) is 18.8 Å². The summed E-state index contributed by atoms with van der Waals surface area (Å²) in [6.45, 7) is 9.48. The Bertz CT molecular complexity index is 745. The number of ether oxygens (including phenoxy) is 2. The molecule has 1 saturated heterocycles. The molecule has 2 unspecified atom stereocenters. The summed E-state index contributed by atoms with van der Waals surface area (Å²) in [4.78, 5) is 2.34. The minimum absolute atomic E-state index is 0.114. The summed E-state index contributed by atoms with van der Waals surface area (Å²) in [7, 11) is 0. The lowest BCUT2D eigenvalue weighted by Crippen LogP contribution is -2.36. The number of hydrogen-bond acceptors (Lipinski definition) is 4. The van der Waals surface area contributed by atoms with E-state index < -0.39 is 0 Å². The first-order valence-corrected chi connectivity index (χ1v) is 20.5. The molecule has 0 aromatic carbocycles. The number of rotatable bonds is 35. The number of unbranched alkanes of at least 4 members (excludes halogenated alkanes) is 18. The molecule has 1 N–H and O–H groups in total. The van der Waals surface area contributed by atoms with Gasteiger partial charge in [0.2, 0.25) is 0 Å². The molecule has 0 amide bonds. The van der Waals surface area contributed by atoms with Gasteiger partial charge in [-0.25, -0.2) is 0 Å². The van der Waals surface area contributed by atoms with Gasteiger partial charge in [0, 0.05) is 32.8 Å². The van der Waals surface area contributed by atoms with E-state index in [9.17, 15) is 5.11 Å². The highest BCUT2D eigenvalue weighted by molar-refractivity contribution is 4.93. The molecule has 4 heteroatoms. The third-order valence-corrected chi connectivity index (χ3v) is 9.20. The molecule has 0 saturated carbocycles. The fraction of sp³-hybridized carbons (Fsp3) is 0.814. The maximum Gasteiger partial charge on any atom is 0.0934 e. The van der Waals surface area contributed by atoms with Gasteiger partial charge in [-0.3, -0.25) is 4.90 Å². The third kappa shape index (κ3) is 31.8. The molecule has 2 atom stereocenters. The van der Waals surface area contributed by atoms with Crippen LogP contribution in [0.15, 0.2) is 48.6 Å². The van der Waals surface area contributed by atoms with Crippen LogP contribution >= 0.6 is 0 Å². The van der Waals surface area contributed by atoms with Crippen LogP contribution in [0.3, 0.4) is 0 Å². The minimum atomic E-state index is -0.178. The maximum atomic E-state index is 9.96. The number of nitrogens with zero attached hydrogens (tertiary/aromatic N) is 1. The van der Waals surface area contributed by atoms with Crippen LogP contribution in [-0.4, -0.2) is 61.7 Å². The third-order valence-electron chi connectivity index (χ3n) is 9.20. The Morgan fingerprint density at radius 1 is 0.574 bits per heavy atom. The van der Waals surface area contributed by atoms with Gasteiger partial charge in [-0.1, -0.05) is 140 Å². The summed E-state index contributed by atoms with van der Waals surface area (Å²) in [5.41, 5.74) is 0. The van der Waals surface area contributed by atoms with Crippen molar-refractivity contribution < 1.29 is 14.6 Å². The molecule has 274 valence electrons. The molecule has 1 rings (SSSR count). The van der Waals surface area contributed by atoms with Gasteiger partial charge in [-0.2, -0.15) is 0 Å². The highest BCUT2D eigenvalue weighted by Crippen LogP contribution is 2.13. The van der Waals surface area contributed by atoms with Gasteiger partial charge < -0.3 is 14.6 Å². The Morgan fingerprint density at radius 2 is 1.02 bits per heavy atom. The Morgan fingerprint density at radius 3 is 1.49 bits per heavy atom. The molecule has 1 aliphatic rings. The summed E-state index contributed by atoms with van der Waals surface area (Å²) in [5, 5.41) is 9.96. The van der Waals surface area contributed by atoms with Crippen LogP contribution in [-0.2, 0) is 9.47 Å². The second-order valence-corrected chi connectivity index (χ2v) is 13.9. The summed E-state index contributed by atoms with van der Waals surface area (Å²) in [6, 6.07) is 0. The Hall–Kier alpha value is -1.20. The first kappa shape index (κ1) is 43.8. The highest BCUT2D eigenvalue weighted by atomic mass is 16.5. The van der Waals surface area contributed by atoms with E-state index >= 15 is 0 Å². The van der Waals surface area contributed by atoms with E-state index in [1.165, 1.54) is 128 Å². The van der Waals surface area contributed by atoms with E-state index in [4.69, 9.17) is 9.47 Å². The minimum Gasteiger partial charge on any atom is -0.392 e. The predicted octanol–water partition coefficient (Wildman–Crippen LogP) is 12.1. The van der Waals surface area contributed by atoms with Crippen LogP contribution in [0, 0.1) is 0 Å². The van der Waals surface area contributed by atoms with Crippen molar-refractivity contribution in [3.63, 3.8) is 0 Å². The summed E-state index contributed by atoms with van der Waals surface area (Å²) in [6.07, 6.45) is 50.0. The molecule has 1 fully saturated rings. The van der Waals surface area contributed by atoms with Gasteiger partial charge in [0.1, 0.15) is 0 Å². The van der Waals surface area contributed by atoms with Crippen molar-refractivity contribution in [1.82, 2.24) is 4.90 Å². The molecule has 4 nitrogen and oxygen atoms in total. The number of allylic oxidation sites excluding steroid dienone is 8. The number of likely N-dealkylation sites (tertiary alicyclic amines) is 1. The largest absolute Gasteiger partial charge is 0.392 e. The van der Waals surface area contributed by atoms with Crippen molar-refractivity contribution in [2.24, 2.45) is 0 Å². The molecule has 0 aromatic rings. The van der Waals surface area contributed by atoms with E-state index in [0.29, 0.717) is 6.61 Å². The van der Waals surface area contributed by atoms with Gasteiger partial charge >= 0.3 is 0 Å². The summed E-state index contributed by atoms with van der Waals surface area (Å²) >= 11 is 0. The van der Waals surface area contributed by atoms with E-state index in [1.54, 1.807) is 0 Å². The van der Waals surface area contributed by atoms with Crippen LogP contribution in [0.25, 0.3) is 0 Å². The topological polar surface area (TPSA) is 41.9 Å². The van der Waals surface area contributed by atoms with Crippen LogP contribution < -0.4 is 0 Å². The van der Waals surface area contributed by atoms with Crippen molar-refractivity contribution in [1.29, 1.82) is 0 Å². The van der Waals surface area contributed by atoms with E-state index in [-0.39, 0.29) is 12.2 Å². The fourth-order valence-electron chi connectivity index (χ4n) is 6.17. The predicted molar refractivity (Wildman–Crippen MR) is 206 cm³/mol. The molecular formula is C43H79NO3. The normalized spacial score (nSPS) is 16.7. The van der Waals surface area contributed by atoms with Gasteiger partial charge in [-0.05, 0) is 83.5 Å². The fourth-order valence-corrected chi connectivity index (χ4v) is 6.17. The zero-order chi connectivity index (χ0) is 33.7. The summed E-state index contributed by atoms with van der Waals surface area (Å²) in [5.74, 6) is 0. The number of β-amino-alcohol motifs (C(OH)–C–C–N with tert-alkyl or cyclic N) is 1. The molecule has 0 aromatic heterocycles. The van der Waals surface area contributed by atoms with Gasteiger partial charge in [0.15, 0.2) is 0 Å². The molecule has 1 heterocycles. The average molecular weight is 658 g/mol. The van der Waals surface area contributed by atoms with E-state index in [0.717, 1.165) is 65.0 Å². The number of aliphatic hydroxyl groups excluding tert-OH is 1. The lowest BCUT2D eigenvalue weighted by atomic mass is 10.1. The van der Waals surface area contributed by atoms with E-state index in [1.807, 2.05) is 0 Å². The van der Waals surface area contributed by atoms with E-state index in [2.05, 4.69) is 67.4 Å². The molecule has 1 aliphatic heterocycles. The average Bonchev–Trinajstić information content (AvgIpc) is 3.49. The van der Waals surface area contributed by atoms with Gasteiger partial charge in [0.25, 0.3) is 0 Å². The first-order valence-electron chi connectivity index (χ1n) is 20.5. The standard InChI is InChI=1S/C43H79NO3/c1-3-5-7-9-11-13-15-17-19-21-23-25-27-29-31-33-37-46-41-43(40-44-36-35-42(45)39-44)47-38-34-32-30-28-26-24-22-20-18-16-14-12-10-8-6-4-2/h11-14,17-20,42-43,45H,3-10,15-16,21-41H2,1-2H3/b13-11-,14-12+,19-17-,20-18+. The number of hydrogen-bond donors (Lipinski definition) is 1. The summed E-state index contributed by atoms with van der Waals surface area (Å²) < 4.78 is 12.4.